The van der Waals surface area contributed by atoms with E-state index < -0.39 is 0 Å². The second-order valence-corrected chi connectivity index (χ2v) is 4.93. The summed E-state index contributed by atoms with van der Waals surface area (Å²) in [4.78, 5) is 22.4. The van der Waals surface area contributed by atoms with Crippen molar-refractivity contribution in [2.75, 3.05) is 14.1 Å². The Labute approximate surface area is 104 Å². The Balaban J connectivity index is 2.37. The van der Waals surface area contributed by atoms with Gasteiger partial charge in [-0.1, -0.05) is 6.07 Å². The van der Waals surface area contributed by atoms with Gasteiger partial charge in [-0.3, -0.25) is 9.78 Å². The van der Waals surface area contributed by atoms with Crippen LogP contribution in [-0.2, 0) is 6.54 Å². The summed E-state index contributed by atoms with van der Waals surface area (Å²) in [6.07, 6.45) is 2.59. The van der Waals surface area contributed by atoms with Gasteiger partial charge in [0.05, 0.1) is 16.3 Å². The Morgan fingerprint density at radius 1 is 1.41 bits per heavy atom. The molecular weight excluding hydrogens is 234 g/mol. The zero-order valence-corrected chi connectivity index (χ0v) is 10.6. The zero-order chi connectivity index (χ0) is 12.3. The maximum atomic E-state index is 11.0. The first kappa shape index (κ1) is 11.9. The highest BCUT2D eigenvalue weighted by Gasteiger charge is 2.13. The fourth-order valence-corrected chi connectivity index (χ4v) is 2.33. The lowest BCUT2D eigenvalue weighted by Gasteiger charge is -2.06. The number of nitrogens with zero attached hydrogens (tertiary/aromatic N) is 3. The van der Waals surface area contributed by atoms with Crippen molar-refractivity contribution in [2.45, 2.75) is 6.54 Å². The molecule has 0 aliphatic carbocycles. The van der Waals surface area contributed by atoms with Crippen molar-refractivity contribution in [1.29, 1.82) is 0 Å². The summed E-state index contributed by atoms with van der Waals surface area (Å²) < 4.78 is 0. The first-order valence-electron chi connectivity index (χ1n) is 5.21. The van der Waals surface area contributed by atoms with E-state index in [1.165, 1.54) is 11.3 Å². The molecule has 4 nitrogen and oxygen atoms in total. The number of carbonyl (C=O) groups is 1. The summed E-state index contributed by atoms with van der Waals surface area (Å²) in [6, 6.07) is 5.67. The van der Waals surface area contributed by atoms with Gasteiger partial charge in [0, 0.05) is 12.7 Å². The van der Waals surface area contributed by atoms with Crippen LogP contribution in [0, 0.1) is 0 Å². The number of carbonyl (C=O) groups excluding carboxylic acids is 1. The highest BCUT2D eigenvalue weighted by atomic mass is 32.1. The molecule has 88 valence electrons. The number of hydrogen-bond acceptors (Lipinski definition) is 5. The third-order valence-electron chi connectivity index (χ3n) is 2.18. The molecule has 0 N–H and O–H groups in total. The van der Waals surface area contributed by atoms with Crippen LogP contribution in [0.3, 0.4) is 0 Å². The smallest absolute Gasteiger partial charge is 0.161 e. The minimum Gasteiger partial charge on any atom is -0.304 e. The Kier molecular flexibility index (Phi) is 3.61. The van der Waals surface area contributed by atoms with E-state index in [-0.39, 0.29) is 0 Å². The number of rotatable bonds is 4. The van der Waals surface area contributed by atoms with E-state index in [9.17, 15) is 4.79 Å². The molecule has 17 heavy (non-hydrogen) atoms. The molecule has 0 bridgehead atoms. The Bertz CT molecular complexity index is 508. The first-order chi connectivity index (χ1) is 8.20. The van der Waals surface area contributed by atoms with Gasteiger partial charge in [-0.15, -0.1) is 11.3 Å². The second-order valence-electron chi connectivity index (χ2n) is 3.90. The van der Waals surface area contributed by atoms with Gasteiger partial charge in [-0.05, 0) is 26.2 Å². The van der Waals surface area contributed by atoms with Gasteiger partial charge in [0.25, 0.3) is 0 Å². The summed E-state index contributed by atoms with van der Waals surface area (Å²) in [6.45, 7) is 0.664. The van der Waals surface area contributed by atoms with Crippen LogP contribution in [0.1, 0.15) is 15.4 Å². The summed E-state index contributed by atoms with van der Waals surface area (Å²) >= 11 is 1.39. The molecule has 0 aromatic carbocycles. The van der Waals surface area contributed by atoms with Gasteiger partial charge in [0.2, 0.25) is 0 Å². The van der Waals surface area contributed by atoms with Crippen LogP contribution in [-0.4, -0.2) is 35.2 Å². The normalized spacial score (nSPS) is 10.8. The average molecular weight is 247 g/mol. The van der Waals surface area contributed by atoms with Gasteiger partial charge in [0.1, 0.15) is 5.01 Å². The average Bonchev–Trinajstić information content (AvgIpc) is 2.72. The SMILES string of the molecule is CN(C)Cc1nc(-c2ccccn2)sc1C=O. The van der Waals surface area contributed by atoms with E-state index in [1.807, 2.05) is 37.2 Å². The Morgan fingerprint density at radius 3 is 2.82 bits per heavy atom. The molecule has 5 heteroatoms. The number of thiazole rings is 1. The highest BCUT2D eigenvalue weighted by Crippen LogP contribution is 2.25. The number of hydrogen-bond donors (Lipinski definition) is 0. The molecule has 0 spiro atoms. The minimum absolute atomic E-state index is 0.664. The highest BCUT2D eigenvalue weighted by molar-refractivity contribution is 7.16. The molecule has 0 fully saturated rings. The van der Waals surface area contributed by atoms with E-state index in [1.54, 1.807) is 6.20 Å². The quantitative estimate of drug-likeness (QED) is 0.776. The van der Waals surface area contributed by atoms with Gasteiger partial charge >= 0.3 is 0 Å². The van der Waals surface area contributed by atoms with Crippen LogP contribution in [0.2, 0.25) is 0 Å². The largest absolute Gasteiger partial charge is 0.304 e. The zero-order valence-electron chi connectivity index (χ0n) is 9.75. The maximum Gasteiger partial charge on any atom is 0.161 e. The molecule has 0 saturated carbocycles. The standard InChI is InChI=1S/C12H13N3OS/c1-15(2)7-10-11(8-16)17-12(14-10)9-5-3-4-6-13-9/h3-6,8H,7H2,1-2H3. The molecular formula is C12H13N3OS. The van der Waals surface area contributed by atoms with Gasteiger partial charge < -0.3 is 4.90 Å². The van der Waals surface area contributed by atoms with Crippen LogP contribution in [0.5, 0.6) is 0 Å². The lowest BCUT2D eigenvalue weighted by atomic mass is 10.3. The van der Waals surface area contributed by atoms with Crippen LogP contribution in [0.4, 0.5) is 0 Å². The lowest BCUT2D eigenvalue weighted by Crippen LogP contribution is -2.12. The molecule has 0 amide bonds. The predicted octanol–water partition coefficient (Wildman–Crippen LogP) is 2.08. The first-order valence-corrected chi connectivity index (χ1v) is 6.03. The van der Waals surface area contributed by atoms with Crippen LogP contribution in [0.25, 0.3) is 10.7 Å². The molecule has 0 aliphatic heterocycles. The van der Waals surface area contributed by atoms with Crippen molar-refractivity contribution in [2.24, 2.45) is 0 Å². The van der Waals surface area contributed by atoms with Crippen molar-refractivity contribution in [3.05, 3.63) is 35.0 Å². The van der Waals surface area contributed by atoms with Crippen molar-refractivity contribution in [3.63, 3.8) is 0 Å². The third-order valence-corrected chi connectivity index (χ3v) is 3.23. The number of pyridine rings is 1. The molecule has 2 aromatic rings. The summed E-state index contributed by atoms with van der Waals surface area (Å²) in [5.41, 5.74) is 1.63. The molecule has 0 saturated heterocycles. The molecule has 2 heterocycles. The van der Waals surface area contributed by atoms with Crippen LogP contribution < -0.4 is 0 Å². The van der Waals surface area contributed by atoms with E-state index in [2.05, 4.69) is 9.97 Å². The fourth-order valence-electron chi connectivity index (χ4n) is 1.47. The lowest BCUT2D eigenvalue weighted by molar-refractivity contribution is 0.112. The maximum absolute atomic E-state index is 11.0. The molecule has 2 aromatic heterocycles. The van der Waals surface area contributed by atoms with Crippen LogP contribution >= 0.6 is 11.3 Å². The molecule has 0 aliphatic rings. The van der Waals surface area contributed by atoms with E-state index >= 15 is 0 Å². The number of aldehydes is 1. The van der Waals surface area contributed by atoms with Gasteiger partial charge in [0.15, 0.2) is 6.29 Å². The summed E-state index contributed by atoms with van der Waals surface area (Å²) in [5.74, 6) is 0. The van der Waals surface area contributed by atoms with Crippen LogP contribution in [0.15, 0.2) is 24.4 Å². The summed E-state index contributed by atoms with van der Waals surface area (Å²) in [5, 5.41) is 0.796. The Morgan fingerprint density at radius 2 is 2.24 bits per heavy atom. The second kappa shape index (κ2) is 5.16. The van der Waals surface area contributed by atoms with E-state index in [0.29, 0.717) is 11.4 Å². The van der Waals surface area contributed by atoms with Crippen molar-refractivity contribution < 1.29 is 4.79 Å². The van der Waals surface area contributed by atoms with E-state index in [4.69, 9.17) is 0 Å². The molecule has 0 atom stereocenters. The monoisotopic (exact) mass is 247 g/mol. The van der Waals surface area contributed by atoms with Gasteiger partial charge in [-0.2, -0.15) is 0 Å². The fraction of sp³-hybridized carbons (Fsp3) is 0.250. The molecule has 2 rings (SSSR count). The molecule has 0 radical (unpaired) electrons. The van der Waals surface area contributed by atoms with Gasteiger partial charge in [-0.25, -0.2) is 4.98 Å². The van der Waals surface area contributed by atoms with Crippen molar-refractivity contribution in [1.82, 2.24) is 14.9 Å². The molecule has 0 unspecified atom stereocenters. The van der Waals surface area contributed by atoms with E-state index in [0.717, 1.165) is 22.7 Å². The minimum atomic E-state index is 0.664. The summed E-state index contributed by atoms with van der Waals surface area (Å²) in [7, 11) is 3.91. The number of aromatic nitrogens is 2. The Hall–Kier alpha value is -1.59. The van der Waals surface area contributed by atoms with Crippen molar-refractivity contribution in [3.8, 4) is 10.7 Å². The topological polar surface area (TPSA) is 46.1 Å². The third kappa shape index (κ3) is 2.75. The van der Waals surface area contributed by atoms with Crippen molar-refractivity contribution >= 4 is 17.6 Å². The predicted molar refractivity (Wildman–Crippen MR) is 68.1 cm³/mol.